The van der Waals surface area contributed by atoms with Gasteiger partial charge < -0.3 is 14.6 Å². The average Bonchev–Trinajstić information content (AvgIpc) is 2.79. The number of ether oxygens (including phenoxy) is 2. The second kappa shape index (κ2) is 14.1. The molecule has 0 bridgehead atoms. The number of Topliss-reactive ketones (excluding diaryl/α,β-unsaturated/α-hetero) is 1. The van der Waals surface area contributed by atoms with E-state index in [-0.39, 0.29) is 35.9 Å². The van der Waals surface area contributed by atoms with Gasteiger partial charge in [-0.25, -0.2) is 4.79 Å². The molecule has 2 aliphatic heterocycles. The quantitative estimate of drug-likeness (QED) is 0.320. The van der Waals surface area contributed by atoms with Crippen LogP contribution in [0, 0.1) is 17.8 Å². The summed E-state index contributed by atoms with van der Waals surface area (Å²) in [6, 6.07) is 0. The number of hydrogen-bond donors (Lipinski definition) is 2. The number of aliphatic hydroxyl groups excluding tert-OH is 1. The van der Waals surface area contributed by atoms with Gasteiger partial charge in [0.15, 0.2) is 0 Å². The van der Waals surface area contributed by atoms with E-state index in [1.165, 1.54) is 6.08 Å². The lowest BCUT2D eigenvalue weighted by atomic mass is 9.86. The van der Waals surface area contributed by atoms with Gasteiger partial charge in [0.2, 0.25) is 11.8 Å². The molecule has 2 N–H and O–H groups in total. The highest BCUT2D eigenvalue weighted by Gasteiger charge is 2.31. The third kappa shape index (κ3) is 9.18. The minimum atomic E-state index is -0.803. The molecule has 0 aliphatic carbocycles. The molecule has 35 heavy (non-hydrogen) atoms. The monoisotopic (exact) mass is 489 g/mol. The van der Waals surface area contributed by atoms with E-state index in [1.807, 2.05) is 25.2 Å². The molecule has 194 valence electrons. The molecule has 0 unspecified atom stereocenters. The molecule has 0 aromatic heterocycles. The normalized spacial score (nSPS) is 31.3. The summed E-state index contributed by atoms with van der Waals surface area (Å²) in [7, 11) is 1.55. The smallest absolute Gasteiger partial charge is 0.331 e. The second-order valence-electron chi connectivity index (χ2n) is 9.62. The summed E-state index contributed by atoms with van der Waals surface area (Å²) < 4.78 is 11.1. The van der Waals surface area contributed by atoms with Gasteiger partial charge in [0, 0.05) is 38.4 Å². The number of ketones is 1. The number of methoxy groups -OCH3 is 1. The molecule has 8 nitrogen and oxygen atoms in total. The topological polar surface area (TPSA) is 119 Å². The van der Waals surface area contributed by atoms with Crippen LogP contribution < -0.4 is 5.32 Å². The molecule has 8 heteroatoms. The van der Waals surface area contributed by atoms with Crippen LogP contribution in [-0.4, -0.2) is 54.1 Å². The van der Waals surface area contributed by atoms with Gasteiger partial charge in [0.05, 0.1) is 12.0 Å². The zero-order valence-corrected chi connectivity index (χ0v) is 21.2. The molecule has 0 spiro atoms. The van der Waals surface area contributed by atoms with Crippen molar-refractivity contribution < 1.29 is 33.8 Å². The number of nitrogens with one attached hydrogen (secondary N) is 1. The van der Waals surface area contributed by atoms with Gasteiger partial charge in [-0.05, 0) is 44.1 Å². The molecule has 0 radical (unpaired) electrons. The van der Waals surface area contributed by atoms with E-state index in [2.05, 4.69) is 5.32 Å². The summed E-state index contributed by atoms with van der Waals surface area (Å²) in [4.78, 5) is 48.6. The lowest BCUT2D eigenvalue weighted by molar-refractivity contribution is -0.145. The van der Waals surface area contributed by atoms with Crippen molar-refractivity contribution in [3.8, 4) is 0 Å². The molecular formula is C27H39NO7. The fourth-order valence-electron chi connectivity index (χ4n) is 4.61. The van der Waals surface area contributed by atoms with Gasteiger partial charge in [0.25, 0.3) is 0 Å². The standard InChI is InChI=1S/C27H39NO7/c1-17-14-18(2)27(35-25(32)13-8-6-5-7-12-22(34-4)26(17)33)19(3)21(29)11-9-10-20-15-23(30)28-24(31)16-20/h7-8,12-14,17,19-20,22,26-27,33H,5-6,9-11,15-16H2,1-4H3,(H,28,30,31)/b12-7+,13-8+,18-14-/t17-,19-,22-,26+,27+/m0/s1. The highest BCUT2D eigenvalue weighted by atomic mass is 16.5. The van der Waals surface area contributed by atoms with E-state index >= 15 is 0 Å². The third-order valence-corrected chi connectivity index (χ3v) is 6.67. The first kappa shape index (κ1) is 28.7. The van der Waals surface area contributed by atoms with Crippen molar-refractivity contribution in [3.63, 3.8) is 0 Å². The zero-order chi connectivity index (χ0) is 26.0. The van der Waals surface area contributed by atoms with E-state index < -0.39 is 30.2 Å². The Bertz CT molecular complexity index is 844. The number of cyclic esters (lactones) is 1. The van der Waals surface area contributed by atoms with Crippen molar-refractivity contribution >= 4 is 23.6 Å². The van der Waals surface area contributed by atoms with Crippen molar-refractivity contribution in [2.45, 2.75) is 84.0 Å². The fourth-order valence-corrected chi connectivity index (χ4v) is 4.61. The number of carbonyl (C=O) groups is 4. The molecule has 2 aliphatic rings. The van der Waals surface area contributed by atoms with Gasteiger partial charge in [-0.2, -0.15) is 0 Å². The largest absolute Gasteiger partial charge is 0.454 e. The van der Waals surface area contributed by atoms with E-state index in [0.29, 0.717) is 44.1 Å². The second-order valence-corrected chi connectivity index (χ2v) is 9.62. The van der Waals surface area contributed by atoms with Gasteiger partial charge in [-0.15, -0.1) is 0 Å². The summed E-state index contributed by atoms with van der Waals surface area (Å²) in [5.74, 6) is -2.06. The van der Waals surface area contributed by atoms with Crippen LogP contribution in [0.2, 0.25) is 0 Å². The Hall–Kier alpha value is -2.58. The van der Waals surface area contributed by atoms with Crippen LogP contribution in [0.3, 0.4) is 0 Å². The highest BCUT2D eigenvalue weighted by molar-refractivity contribution is 5.97. The number of carbonyl (C=O) groups excluding carboxylic acids is 4. The van der Waals surface area contributed by atoms with Crippen LogP contribution in [0.1, 0.15) is 65.7 Å². The highest BCUT2D eigenvalue weighted by Crippen LogP contribution is 2.25. The Morgan fingerprint density at radius 3 is 2.51 bits per heavy atom. The van der Waals surface area contributed by atoms with Gasteiger partial charge >= 0.3 is 5.97 Å². The molecule has 0 aromatic rings. The van der Waals surface area contributed by atoms with E-state index in [4.69, 9.17) is 9.47 Å². The Morgan fingerprint density at radius 1 is 1.20 bits per heavy atom. The van der Waals surface area contributed by atoms with Gasteiger partial charge in [-0.3, -0.25) is 19.7 Å². The molecule has 2 amide bonds. The zero-order valence-electron chi connectivity index (χ0n) is 21.2. The number of piperidine rings is 1. The molecule has 0 aromatic carbocycles. The maximum atomic E-state index is 13.0. The number of aliphatic hydroxyl groups is 1. The summed E-state index contributed by atoms with van der Waals surface area (Å²) in [6.07, 6.45) is 9.96. The Morgan fingerprint density at radius 2 is 1.86 bits per heavy atom. The number of rotatable bonds is 7. The van der Waals surface area contributed by atoms with Gasteiger partial charge in [-0.1, -0.05) is 38.2 Å². The van der Waals surface area contributed by atoms with Crippen molar-refractivity contribution in [3.05, 3.63) is 36.0 Å². The summed E-state index contributed by atoms with van der Waals surface area (Å²) in [5, 5.41) is 13.1. The number of amides is 2. The van der Waals surface area contributed by atoms with Crippen LogP contribution in [0.15, 0.2) is 36.0 Å². The maximum Gasteiger partial charge on any atom is 0.331 e. The first-order valence-electron chi connectivity index (χ1n) is 12.4. The predicted molar refractivity (Wildman–Crippen MR) is 131 cm³/mol. The Labute approximate surface area is 207 Å². The van der Waals surface area contributed by atoms with E-state index in [0.717, 1.165) is 0 Å². The van der Waals surface area contributed by atoms with Crippen molar-refractivity contribution in [1.82, 2.24) is 5.32 Å². The molecule has 1 saturated heterocycles. The average molecular weight is 490 g/mol. The summed E-state index contributed by atoms with van der Waals surface area (Å²) >= 11 is 0. The maximum absolute atomic E-state index is 13.0. The van der Waals surface area contributed by atoms with Crippen LogP contribution >= 0.6 is 0 Å². The fraction of sp³-hybridized carbons (Fsp3) is 0.630. The third-order valence-electron chi connectivity index (χ3n) is 6.67. The number of allylic oxidation sites excluding steroid dienone is 2. The Kier molecular flexibility index (Phi) is 11.5. The summed E-state index contributed by atoms with van der Waals surface area (Å²) in [6.45, 7) is 5.39. The minimum Gasteiger partial charge on any atom is -0.454 e. The molecule has 0 saturated carbocycles. The van der Waals surface area contributed by atoms with Crippen molar-refractivity contribution in [1.29, 1.82) is 0 Å². The Balaban J connectivity index is 2.11. The first-order valence-corrected chi connectivity index (χ1v) is 12.4. The minimum absolute atomic E-state index is 0.0524. The molecule has 2 heterocycles. The van der Waals surface area contributed by atoms with Gasteiger partial charge in [0.1, 0.15) is 18.0 Å². The molecule has 1 fully saturated rings. The van der Waals surface area contributed by atoms with Crippen molar-refractivity contribution in [2.24, 2.45) is 17.8 Å². The van der Waals surface area contributed by atoms with Crippen LogP contribution in [-0.2, 0) is 28.7 Å². The van der Waals surface area contributed by atoms with E-state index in [9.17, 15) is 24.3 Å². The SMILES string of the molecule is CO[C@H]1/C=C/CC/C=C/C(=O)O[C@@H]([C@@H](C)C(=O)CCCC2CC(=O)NC(=O)C2)/C(C)=C\[C@H](C)[C@H]1O. The molecule has 2 rings (SSSR count). The van der Waals surface area contributed by atoms with Crippen LogP contribution in [0.5, 0.6) is 0 Å². The lowest BCUT2D eigenvalue weighted by Crippen LogP contribution is -2.38. The molecular weight excluding hydrogens is 450 g/mol. The predicted octanol–water partition coefficient (Wildman–Crippen LogP) is 3.19. The number of imide groups is 1. The van der Waals surface area contributed by atoms with E-state index in [1.54, 1.807) is 27.0 Å². The number of hydrogen-bond acceptors (Lipinski definition) is 7. The summed E-state index contributed by atoms with van der Waals surface area (Å²) in [5.41, 5.74) is 0.685. The van der Waals surface area contributed by atoms with Crippen LogP contribution in [0.25, 0.3) is 0 Å². The number of esters is 1. The van der Waals surface area contributed by atoms with Crippen LogP contribution in [0.4, 0.5) is 0 Å². The lowest BCUT2D eigenvalue weighted by Gasteiger charge is -2.27. The van der Waals surface area contributed by atoms with Crippen molar-refractivity contribution in [2.75, 3.05) is 7.11 Å². The molecule has 5 atom stereocenters. The first-order chi connectivity index (χ1) is 16.6.